The molecule has 0 bridgehead atoms. The Labute approximate surface area is 99.4 Å². The van der Waals surface area contributed by atoms with E-state index in [0.29, 0.717) is 25.3 Å². The van der Waals surface area contributed by atoms with Gasteiger partial charge in [-0.3, -0.25) is 10.8 Å². The van der Waals surface area contributed by atoms with Crippen LogP contribution in [-0.4, -0.2) is 32.7 Å². The maximum absolute atomic E-state index is 12.1. The Balaban J connectivity index is 2.24. The first-order chi connectivity index (χ1) is 8.13. The van der Waals surface area contributed by atoms with E-state index in [0.717, 1.165) is 0 Å². The van der Waals surface area contributed by atoms with Gasteiger partial charge in [-0.1, -0.05) is 0 Å². The second-order valence-electron chi connectivity index (χ2n) is 3.70. The number of pyridine rings is 1. The van der Waals surface area contributed by atoms with Gasteiger partial charge in [0.2, 0.25) is 10.0 Å². The highest BCUT2D eigenvalue weighted by molar-refractivity contribution is 7.89. The minimum absolute atomic E-state index is 0.0365. The zero-order chi connectivity index (χ0) is 12.3. The number of hydrazine groups is 1. The second kappa shape index (κ2) is 4.96. The number of hydrogen-bond acceptors (Lipinski definition) is 6. The van der Waals surface area contributed by atoms with Crippen molar-refractivity contribution in [3.05, 3.63) is 18.5 Å². The lowest BCUT2D eigenvalue weighted by atomic mass is 10.3. The van der Waals surface area contributed by atoms with Gasteiger partial charge >= 0.3 is 0 Å². The molecule has 1 aliphatic rings. The number of nitrogen functional groups attached to an aromatic ring is 1. The number of nitrogens with two attached hydrogens (primary N) is 1. The molecule has 1 aromatic heterocycles. The summed E-state index contributed by atoms with van der Waals surface area (Å²) in [7, 11) is -3.62. The van der Waals surface area contributed by atoms with Crippen molar-refractivity contribution in [2.45, 2.75) is 17.4 Å². The smallest absolute Gasteiger partial charge is 0.244 e. The van der Waals surface area contributed by atoms with Crippen LogP contribution in [-0.2, 0) is 14.8 Å². The number of nitrogens with one attached hydrogen (secondary N) is 2. The summed E-state index contributed by atoms with van der Waals surface area (Å²) in [6, 6.07) is 1.31. The van der Waals surface area contributed by atoms with E-state index in [-0.39, 0.29) is 10.9 Å². The Hall–Kier alpha value is -1.22. The molecule has 94 valence electrons. The number of rotatable bonds is 4. The number of sulfonamides is 1. The summed E-state index contributed by atoms with van der Waals surface area (Å²) in [6.07, 6.45) is 3.39. The van der Waals surface area contributed by atoms with Crippen LogP contribution in [0.15, 0.2) is 23.4 Å². The average Bonchev–Trinajstić information content (AvgIpc) is 2.81. The van der Waals surface area contributed by atoms with Gasteiger partial charge < -0.3 is 10.2 Å². The predicted molar refractivity (Wildman–Crippen MR) is 61.6 cm³/mol. The second-order valence-corrected chi connectivity index (χ2v) is 5.38. The van der Waals surface area contributed by atoms with Crippen molar-refractivity contribution in [3.63, 3.8) is 0 Å². The van der Waals surface area contributed by atoms with E-state index in [1.165, 1.54) is 18.5 Å². The zero-order valence-corrected chi connectivity index (χ0v) is 9.90. The van der Waals surface area contributed by atoms with E-state index >= 15 is 0 Å². The van der Waals surface area contributed by atoms with Gasteiger partial charge in [0.25, 0.3) is 0 Å². The van der Waals surface area contributed by atoms with Gasteiger partial charge in [0.1, 0.15) is 4.90 Å². The third-order valence-corrected chi connectivity index (χ3v) is 4.03. The van der Waals surface area contributed by atoms with Crippen molar-refractivity contribution in [1.82, 2.24) is 9.71 Å². The van der Waals surface area contributed by atoms with Crippen molar-refractivity contribution in [2.24, 2.45) is 5.84 Å². The van der Waals surface area contributed by atoms with Gasteiger partial charge in [0.05, 0.1) is 12.3 Å². The monoisotopic (exact) mass is 258 g/mol. The fourth-order valence-electron chi connectivity index (χ4n) is 1.62. The van der Waals surface area contributed by atoms with Crippen LogP contribution in [0.25, 0.3) is 0 Å². The molecule has 0 aromatic carbocycles. The highest BCUT2D eigenvalue weighted by atomic mass is 32.2. The summed E-state index contributed by atoms with van der Waals surface area (Å²) in [5, 5.41) is 0. The van der Waals surface area contributed by atoms with Crippen LogP contribution >= 0.6 is 0 Å². The largest absolute Gasteiger partial charge is 0.380 e. The van der Waals surface area contributed by atoms with Gasteiger partial charge in [-0.25, -0.2) is 13.1 Å². The Morgan fingerprint density at radius 3 is 3.00 bits per heavy atom. The maximum atomic E-state index is 12.1. The van der Waals surface area contributed by atoms with Crippen molar-refractivity contribution >= 4 is 15.7 Å². The number of ether oxygens (including phenoxy) is 1. The van der Waals surface area contributed by atoms with Crippen molar-refractivity contribution in [3.8, 4) is 0 Å². The Kier molecular flexibility index (Phi) is 3.57. The lowest BCUT2D eigenvalue weighted by Crippen LogP contribution is -2.35. The van der Waals surface area contributed by atoms with E-state index in [1.807, 2.05) is 0 Å². The third-order valence-electron chi connectivity index (χ3n) is 2.48. The highest BCUT2D eigenvalue weighted by Crippen LogP contribution is 2.19. The van der Waals surface area contributed by atoms with Crippen LogP contribution in [0.5, 0.6) is 0 Å². The summed E-state index contributed by atoms with van der Waals surface area (Å²) >= 11 is 0. The number of hydrogen-bond donors (Lipinski definition) is 3. The fourth-order valence-corrected chi connectivity index (χ4v) is 2.99. The molecule has 1 saturated heterocycles. The summed E-state index contributed by atoms with van der Waals surface area (Å²) in [4.78, 5) is 3.82. The van der Waals surface area contributed by atoms with E-state index < -0.39 is 10.0 Å². The molecule has 0 radical (unpaired) electrons. The Bertz CT molecular complexity index is 485. The molecule has 1 aliphatic heterocycles. The minimum Gasteiger partial charge on any atom is -0.380 e. The highest BCUT2D eigenvalue weighted by Gasteiger charge is 2.25. The van der Waals surface area contributed by atoms with Gasteiger partial charge in [-0.2, -0.15) is 0 Å². The molecule has 7 nitrogen and oxygen atoms in total. The van der Waals surface area contributed by atoms with Crippen LogP contribution in [0.4, 0.5) is 5.69 Å². The van der Waals surface area contributed by atoms with Gasteiger partial charge in [0.15, 0.2) is 0 Å². The first-order valence-electron chi connectivity index (χ1n) is 5.14. The number of aromatic nitrogens is 1. The quantitative estimate of drug-likeness (QED) is 0.493. The maximum Gasteiger partial charge on any atom is 0.244 e. The van der Waals surface area contributed by atoms with Crippen molar-refractivity contribution < 1.29 is 13.2 Å². The van der Waals surface area contributed by atoms with Crippen LogP contribution in [0.2, 0.25) is 0 Å². The van der Waals surface area contributed by atoms with Crippen LogP contribution < -0.4 is 16.0 Å². The van der Waals surface area contributed by atoms with E-state index in [9.17, 15) is 8.42 Å². The fraction of sp³-hybridized carbons (Fsp3) is 0.444. The first-order valence-corrected chi connectivity index (χ1v) is 6.62. The summed E-state index contributed by atoms with van der Waals surface area (Å²) in [5.74, 6) is 5.26. The number of nitrogens with zero attached hydrogens (tertiary/aromatic N) is 1. The topological polar surface area (TPSA) is 106 Å². The molecule has 8 heteroatoms. The summed E-state index contributed by atoms with van der Waals surface area (Å²) in [6.45, 7) is 0.965. The molecule has 0 amide bonds. The molecular formula is C9H14N4O3S. The zero-order valence-electron chi connectivity index (χ0n) is 9.09. The minimum atomic E-state index is -3.62. The van der Waals surface area contributed by atoms with E-state index in [2.05, 4.69) is 15.1 Å². The average molecular weight is 258 g/mol. The first kappa shape index (κ1) is 12.2. The summed E-state index contributed by atoms with van der Waals surface area (Å²) < 4.78 is 31.8. The van der Waals surface area contributed by atoms with Crippen LogP contribution in [0, 0.1) is 0 Å². The molecule has 1 unspecified atom stereocenters. The standard InChI is InChI=1S/C9H14N4O3S/c10-12-8-1-3-11-5-9(8)17(14,15)13-7-2-4-16-6-7/h1,3,5,7,13H,2,4,6,10H2,(H,11,12). The lowest BCUT2D eigenvalue weighted by molar-refractivity contribution is 0.192. The van der Waals surface area contributed by atoms with Crippen molar-refractivity contribution in [1.29, 1.82) is 0 Å². The predicted octanol–water partition coefficient (Wildman–Crippen LogP) is -0.566. The molecule has 1 aromatic rings. The van der Waals surface area contributed by atoms with E-state index in [4.69, 9.17) is 10.6 Å². The van der Waals surface area contributed by atoms with Crippen LogP contribution in [0.1, 0.15) is 6.42 Å². The molecular weight excluding hydrogens is 244 g/mol. The molecule has 17 heavy (non-hydrogen) atoms. The number of anilines is 1. The molecule has 0 saturated carbocycles. The summed E-state index contributed by atoms with van der Waals surface area (Å²) in [5.41, 5.74) is 2.65. The van der Waals surface area contributed by atoms with Gasteiger partial charge in [-0.15, -0.1) is 0 Å². The van der Waals surface area contributed by atoms with Crippen LogP contribution in [0.3, 0.4) is 0 Å². The SMILES string of the molecule is NNc1ccncc1S(=O)(=O)NC1CCOC1. The molecule has 1 fully saturated rings. The normalized spacial score (nSPS) is 20.4. The molecule has 2 rings (SSSR count). The van der Waals surface area contributed by atoms with Crippen molar-refractivity contribution in [2.75, 3.05) is 18.6 Å². The molecule has 1 atom stereocenters. The molecule has 4 N–H and O–H groups in total. The lowest BCUT2D eigenvalue weighted by Gasteiger charge is -2.13. The Morgan fingerprint density at radius 1 is 1.53 bits per heavy atom. The van der Waals surface area contributed by atoms with Gasteiger partial charge in [0, 0.05) is 25.0 Å². The Morgan fingerprint density at radius 2 is 2.35 bits per heavy atom. The molecule has 0 spiro atoms. The van der Waals surface area contributed by atoms with Gasteiger partial charge in [-0.05, 0) is 12.5 Å². The molecule has 0 aliphatic carbocycles. The molecule has 2 heterocycles. The van der Waals surface area contributed by atoms with E-state index in [1.54, 1.807) is 0 Å². The third kappa shape index (κ3) is 2.72.